The molecule has 0 saturated carbocycles. The number of carbonyl (C=O) groups excluding carboxylic acids is 1. The van der Waals surface area contributed by atoms with E-state index in [1.807, 2.05) is 0 Å². The Kier molecular flexibility index (Phi) is 5.44. The van der Waals surface area contributed by atoms with Crippen LogP contribution < -0.4 is 5.56 Å². The molecule has 25 heavy (non-hydrogen) atoms. The first-order valence-corrected chi connectivity index (χ1v) is 9.28. The third-order valence-electron chi connectivity index (χ3n) is 4.09. The van der Waals surface area contributed by atoms with E-state index in [9.17, 15) is 9.59 Å². The van der Waals surface area contributed by atoms with Crippen LogP contribution in [0.4, 0.5) is 0 Å². The van der Waals surface area contributed by atoms with Crippen LogP contribution >= 0.6 is 11.8 Å². The van der Waals surface area contributed by atoms with E-state index in [1.54, 1.807) is 22.8 Å². The molecular formula is C18H22N2O4S. The van der Waals surface area contributed by atoms with Gasteiger partial charge in [0.05, 0.1) is 36.2 Å². The number of thioether (sulfide) groups is 1. The van der Waals surface area contributed by atoms with Crippen molar-refractivity contribution < 1.29 is 14.3 Å². The molecule has 0 amide bonds. The molecule has 2 aromatic rings. The molecule has 1 aromatic heterocycles. The molecule has 0 spiro atoms. The lowest BCUT2D eigenvalue weighted by molar-refractivity contribution is 0.0601. The fourth-order valence-corrected chi connectivity index (χ4v) is 3.76. The van der Waals surface area contributed by atoms with Gasteiger partial charge in [0, 0.05) is 11.9 Å². The Morgan fingerprint density at radius 3 is 2.92 bits per heavy atom. The van der Waals surface area contributed by atoms with Crippen molar-refractivity contribution in [3.05, 3.63) is 34.1 Å². The number of hydrogen-bond acceptors (Lipinski definition) is 6. The number of rotatable bonds is 5. The summed E-state index contributed by atoms with van der Waals surface area (Å²) >= 11 is 1.54. The van der Waals surface area contributed by atoms with Crippen LogP contribution in [0.25, 0.3) is 10.9 Å². The SMILES string of the molecule is COC(=O)c1ccc2c(=O)n(C[C@H]3CCCO3)c(SC(C)C)nc2c1. The molecule has 0 aliphatic carbocycles. The van der Waals surface area contributed by atoms with Crippen LogP contribution in [0.2, 0.25) is 0 Å². The zero-order valence-electron chi connectivity index (χ0n) is 14.7. The zero-order valence-corrected chi connectivity index (χ0v) is 15.5. The van der Waals surface area contributed by atoms with E-state index in [2.05, 4.69) is 18.8 Å². The summed E-state index contributed by atoms with van der Waals surface area (Å²) in [5, 5.41) is 1.44. The molecule has 1 aromatic carbocycles. The Morgan fingerprint density at radius 1 is 1.48 bits per heavy atom. The van der Waals surface area contributed by atoms with Crippen LogP contribution in [0.5, 0.6) is 0 Å². The predicted molar refractivity (Wildman–Crippen MR) is 97.3 cm³/mol. The minimum absolute atomic E-state index is 0.0535. The van der Waals surface area contributed by atoms with Crippen LogP contribution in [-0.2, 0) is 16.0 Å². The average Bonchev–Trinajstić information content (AvgIpc) is 3.09. The highest BCUT2D eigenvalue weighted by Gasteiger charge is 2.21. The molecular weight excluding hydrogens is 340 g/mol. The lowest BCUT2D eigenvalue weighted by atomic mass is 10.1. The third-order valence-corrected chi connectivity index (χ3v) is 5.09. The number of carbonyl (C=O) groups is 1. The highest BCUT2D eigenvalue weighted by molar-refractivity contribution is 7.99. The Balaban J connectivity index is 2.10. The van der Waals surface area contributed by atoms with Crippen molar-refractivity contribution in [1.29, 1.82) is 0 Å². The Bertz CT molecular complexity index is 841. The number of hydrogen-bond donors (Lipinski definition) is 0. The maximum absolute atomic E-state index is 13.0. The van der Waals surface area contributed by atoms with Crippen molar-refractivity contribution in [2.45, 2.75) is 49.7 Å². The molecule has 134 valence electrons. The number of methoxy groups -OCH3 is 1. The Hall–Kier alpha value is -1.86. The monoisotopic (exact) mass is 362 g/mol. The van der Waals surface area contributed by atoms with Crippen LogP contribution in [0.15, 0.2) is 28.2 Å². The first-order chi connectivity index (χ1) is 12.0. The topological polar surface area (TPSA) is 70.4 Å². The highest BCUT2D eigenvalue weighted by Crippen LogP contribution is 2.24. The molecule has 0 radical (unpaired) electrons. The first kappa shape index (κ1) is 17.9. The summed E-state index contributed by atoms with van der Waals surface area (Å²) in [4.78, 5) is 29.4. The summed E-state index contributed by atoms with van der Waals surface area (Å²) in [5.74, 6) is -0.440. The maximum Gasteiger partial charge on any atom is 0.337 e. The van der Waals surface area contributed by atoms with E-state index in [0.29, 0.717) is 28.2 Å². The van der Waals surface area contributed by atoms with Gasteiger partial charge in [-0.15, -0.1) is 0 Å². The van der Waals surface area contributed by atoms with Gasteiger partial charge in [-0.3, -0.25) is 9.36 Å². The normalized spacial score (nSPS) is 17.4. The largest absolute Gasteiger partial charge is 0.465 e. The van der Waals surface area contributed by atoms with E-state index in [4.69, 9.17) is 9.47 Å². The van der Waals surface area contributed by atoms with Crippen molar-refractivity contribution in [3.8, 4) is 0 Å². The second-order valence-corrected chi connectivity index (χ2v) is 7.88. The molecule has 1 fully saturated rings. The van der Waals surface area contributed by atoms with E-state index in [1.165, 1.54) is 18.9 Å². The molecule has 7 heteroatoms. The van der Waals surface area contributed by atoms with Crippen molar-refractivity contribution >= 4 is 28.6 Å². The van der Waals surface area contributed by atoms with Gasteiger partial charge in [-0.05, 0) is 31.0 Å². The first-order valence-electron chi connectivity index (χ1n) is 8.40. The minimum Gasteiger partial charge on any atom is -0.465 e. The lowest BCUT2D eigenvalue weighted by Crippen LogP contribution is -2.29. The van der Waals surface area contributed by atoms with Gasteiger partial charge in [-0.1, -0.05) is 25.6 Å². The van der Waals surface area contributed by atoms with Gasteiger partial charge in [0.25, 0.3) is 5.56 Å². The quantitative estimate of drug-likeness (QED) is 0.463. The summed E-state index contributed by atoms with van der Waals surface area (Å²) in [6.45, 7) is 5.37. The van der Waals surface area contributed by atoms with Gasteiger partial charge in [-0.2, -0.15) is 0 Å². The fraction of sp³-hybridized carbons (Fsp3) is 0.500. The minimum atomic E-state index is -0.440. The van der Waals surface area contributed by atoms with Crippen molar-refractivity contribution in [2.24, 2.45) is 0 Å². The molecule has 6 nitrogen and oxygen atoms in total. The van der Waals surface area contributed by atoms with Crippen molar-refractivity contribution in [3.63, 3.8) is 0 Å². The molecule has 0 bridgehead atoms. The van der Waals surface area contributed by atoms with Crippen LogP contribution in [0.1, 0.15) is 37.0 Å². The van der Waals surface area contributed by atoms with Gasteiger partial charge in [0.2, 0.25) is 0 Å². The third kappa shape index (κ3) is 3.88. The smallest absolute Gasteiger partial charge is 0.337 e. The van der Waals surface area contributed by atoms with Gasteiger partial charge in [0.1, 0.15) is 0 Å². The second-order valence-electron chi connectivity index (χ2n) is 6.34. The summed E-state index contributed by atoms with van der Waals surface area (Å²) in [6, 6.07) is 4.86. The van der Waals surface area contributed by atoms with E-state index in [-0.39, 0.29) is 16.9 Å². The lowest BCUT2D eigenvalue weighted by Gasteiger charge is -2.17. The summed E-state index contributed by atoms with van der Waals surface area (Å²) < 4.78 is 12.2. The van der Waals surface area contributed by atoms with Crippen LogP contribution in [-0.4, -0.2) is 40.6 Å². The van der Waals surface area contributed by atoms with Gasteiger partial charge in [0.15, 0.2) is 5.16 Å². The Morgan fingerprint density at radius 2 is 2.28 bits per heavy atom. The zero-order chi connectivity index (χ0) is 18.0. The summed E-state index contributed by atoms with van der Waals surface area (Å²) in [6.07, 6.45) is 2.03. The van der Waals surface area contributed by atoms with Gasteiger partial charge < -0.3 is 9.47 Å². The number of nitrogens with zero attached hydrogens (tertiary/aromatic N) is 2. The van der Waals surface area contributed by atoms with Crippen molar-refractivity contribution in [1.82, 2.24) is 9.55 Å². The molecule has 0 unspecified atom stereocenters. The standard InChI is InChI=1S/C18H22N2O4S/c1-11(2)25-18-19-15-9-12(17(22)23-3)6-7-14(15)16(21)20(18)10-13-5-4-8-24-13/h6-7,9,11,13H,4-5,8,10H2,1-3H3/t13-/m1/s1. The molecule has 1 saturated heterocycles. The Labute approximate surface area is 150 Å². The number of aromatic nitrogens is 2. The molecule has 0 N–H and O–H groups in total. The summed E-state index contributed by atoms with van der Waals surface area (Å²) in [7, 11) is 1.33. The van der Waals surface area contributed by atoms with Crippen LogP contribution in [0.3, 0.4) is 0 Å². The van der Waals surface area contributed by atoms with E-state index >= 15 is 0 Å². The second kappa shape index (κ2) is 7.58. The number of fused-ring (bicyclic) bond motifs is 1. The van der Waals surface area contributed by atoms with Gasteiger partial charge in [-0.25, -0.2) is 9.78 Å². The van der Waals surface area contributed by atoms with E-state index < -0.39 is 5.97 Å². The molecule has 1 atom stereocenters. The molecule has 2 heterocycles. The van der Waals surface area contributed by atoms with E-state index in [0.717, 1.165) is 19.4 Å². The molecule has 1 aliphatic heterocycles. The number of esters is 1. The maximum atomic E-state index is 13.0. The number of benzene rings is 1. The average molecular weight is 362 g/mol. The predicted octanol–water partition coefficient (Wildman–Crippen LogP) is 2.86. The number of ether oxygens (including phenoxy) is 2. The fourth-order valence-electron chi connectivity index (χ4n) is 2.90. The summed E-state index contributed by atoms with van der Waals surface area (Å²) in [5.41, 5.74) is 0.805. The van der Waals surface area contributed by atoms with Crippen LogP contribution in [0, 0.1) is 0 Å². The highest BCUT2D eigenvalue weighted by atomic mass is 32.2. The molecule has 1 aliphatic rings. The van der Waals surface area contributed by atoms with Gasteiger partial charge >= 0.3 is 5.97 Å². The van der Waals surface area contributed by atoms with Crippen molar-refractivity contribution in [2.75, 3.05) is 13.7 Å². The molecule has 3 rings (SSSR count).